The molecular weight excluding hydrogens is 404 g/mol. The Morgan fingerprint density at radius 3 is 2.44 bits per heavy atom. The molecule has 2 aromatic rings. The number of likely N-dealkylation sites (tertiary alicyclic amines) is 1. The van der Waals surface area contributed by atoms with Gasteiger partial charge in [-0.25, -0.2) is 8.42 Å². The van der Waals surface area contributed by atoms with Crippen molar-refractivity contribution in [2.75, 3.05) is 17.8 Å². The first-order chi connectivity index (χ1) is 11.9. The Labute approximate surface area is 156 Å². The highest BCUT2D eigenvalue weighted by molar-refractivity contribution is 9.10. The smallest absolute Gasteiger partial charge is 0.263 e. The maximum Gasteiger partial charge on any atom is 0.263 e. The first-order valence-electron chi connectivity index (χ1n) is 8.06. The Balaban J connectivity index is 2.00. The summed E-state index contributed by atoms with van der Waals surface area (Å²) in [4.78, 5) is 14.7. The summed E-state index contributed by atoms with van der Waals surface area (Å²) in [6.45, 7) is 3.21. The minimum absolute atomic E-state index is 0.133. The van der Waals surface area contributed by atoms with Crippen LogP contribution in [0.4, 0.5) is 5.69 Å². The number of sulfonamides is 1. The van der Waals surface area contributed by atoms with E-state index in [1.54, 1.807) is 48.2 Å². The molecule has 0 bridgehead atoms. The summed E-state index contributed by atoms with van der Waals surface area (Å²) >= 11 is 3.27. The van der Waals surface area contributed by atoms with Crippen LogP contribution in [0, 0.1) is 6.92 Å². The number of rotatable bonds is 4. The van der Waals surface area contributed by atoms with Crippen molar-refractivity contribution < 1.29 is 13.2 Å². The van der Waals surface area contributed by atoms with Crippen LogP contribution in [0.25, 0.3) is 0 Å². The average molecular weight is 423 g/mol. The number of hydrogen-bond donors (Lipinski definition) is 1. The monoisotopic (exact) mass is 422 g/mol. The Morgan fingerprint density at radius 2 is 1.76 bits per heavy atom. The molecular formula is C18H19BrN2O3S. The number of para-hydroxylation sites is 1. The molecule has 0 aliphatic carbocycles. The molecule has 0 spiro atoms. The molecule has 1 amide bonds. The van der Waals surface area contributed by atoms with Gasteiger partial charge in [-0.1, -0.05) is 24.3 Å². The largest absolute Gasteiger partial charge is 0.339 e. The number of hydrogen-bond acceptors (Lipinski definition) is 3. The van der Waals surface area contributed by atoms with Crippen molar-refractivity contribution in [3.63, 3.8) is 0 Å². The molecule has 2 aromatic carbocycles. The van der Waals surface area contributed by atoms with Crippen molar-refractivity contribution >= 4 is 37.5 Å². The first-order valence-corrected chi connectivity index (χ1v) is 10.3. The number of aryl methyl sites for hydroxylation is 1. The lowest BCUT2D eigenvalue weighted by atomic mass is 10.1. The van der Waals surface area contributed by atoms with Crippen LogP contribution in [-0.4, -0.2) is 32.3 Å². The van der Waals surface area contributed by atoms with Gasteiger partial charge in [0.2, 0.25) is 0 Å². The van der Waals surface area contributed by atoms with Crippen LogP contribution >= 0.6 is 15.9 Å². The fraction of sp³-hybridized carbons (Fsp3) is 0.278. The van der Waals surface area contributed by atoms with E-state index in [4.69, 9.17) is 0 Å². The van der Waals surface area contributed by atoms with E-state index in [2.05, 4.69) is 20.7 Å². The van der Waals surface area contributed by atoms with Gasteiger partial charge >= 0.3 is 0 Å². The molecule has 25 heavy (non-hydrogen) atoms. The van der Waals surface area contributed by atoms with Gasteiger partial charge in [0.05, 0.1) is 11.3 Å². The van der Waals surface area contributed by atoms with Crippen molar-refractivity contribution in [3.8, 4) is 0 Å². The van der Waals surface area contributed by atoms with Crippen LogP contribution < -0.4 is 4.72 Å². The highest BCUT2D eigenvalue weighted by atomic mass is 79.9. The molecule has 3 rings (SSSR count). The van der Waals surface area contributed by atoms with Crippen LogP contribution in [0.3, 0.4) is 0 Å². The summed E-state index contributed by atoms with van der Waals surface area (Å²) in [5.74, 6) is -0.133. The zero-order valence-electron chi connectivity index (χ0n) is 13.8. The van der Waals surface area contributed by atoms with E-state index in [0.717, 1.165) is 12.8 Å². The summed E-state index contributed by atoms with van der Waals surface area (Å²) in [6, 6.07) is 11.8. The topological polar surface area (TPSA) is 66.5 Å². The van der Waals surface area contributed by atoms with Crippen LogP contribution in [0.15, 0.2) is 51.8 Å². The summed E-state index contributed by atoms with van der Waals surface area (Å²) in [6.07, 6.45) is 1.96. The van der Waals surface area contributed by atoms with Gasteiger partial charge in [-0.15, -0.1) is 0 Å². The zero-order valence-corrected chi connectivity index (χ0v) is 16.2. The van der Waals surface area contributed by atoms with E-state index in [1.165, 1.54) is 6.07 Å². The van der Waals surface area contributed by atoms with Gasteiger partial charge in [-0.3, -0.25) is 9.52 Å². The maximum atomic E-state index is 12.8. The molecule has 1 fully saturated rings. The summed E-state index contributed by atoms with van der Waals surface area (Å²) < 4.78 is 28.7. The Morgan fingerprint density at radius 1 is 1.08 bits per heavy atom. The number of carbonyl (C=O) groups is 1. The molecule has 0 atom stereocenters. The average Bonchev–Trinajstić information content (AvgIpc) is 3.11. The lowest BCUT2D eigenvalue weighted by Crippen LogP contribution is -2.29. The minimum Gasteiger partial charge on any atom is -0.339 e. The van der Waals surface area contributed by atoms with Crippen molar-refractivity contribution in [1.29, 1.82) is 0 Å². The molecule has 5 nitrogen and oxygen atoms in total. The third-order valence-corrected chi connectivity index (χ3v) is 6.62. The van der Waals surface area contributed by atoms with Gasteiger partial charge in [-0.2, -0.15) is 0 Å². The van der Waals surface area contributed by atoms with E-state index in [-0.39, 0.29) is 10.8 Å². The van der Waals surface area contributed by atoms with E-state index in [0.29, 0.717) is 34.4 Å². The third kappa shape index (κ3) is 3.72. The lowest BCUT2D eigenvalue weighted by molar-refractivity contribution is 0.0794. The standard InChI is InChI=1S/C18H19BrN2O3S/c1-13-7-6-8-14(18(22)21-11-4-5-12-21)17(13)20-25(23,24)16-10-3-2-9-15(16)19/h2-3,6-10,20H,4-5,11-12H2,1H3. The highest BCUT2D eigenvalue weighted by Gasteiger charge is 2.25. The van der Waals surface area contributed by atoms with Gasteiger partial charge < -0.3 is 4.90 Å². The molecule has 0 unspecified atom stereocenters. The second-order valence-electron chi connectivity index (χ2n) is 6.03. The second-order valence-corrected chi connectivity index (χ2v) is 8.54. The maximum absolute atomic E-state index is 12.8. The lowest BCUT2D eigenvalue weighted by Gasteiger charge is -2.20. The van der Waals surface area contributed by atoms with Gasteiger partial charge in [0.1, 0.15) is 4.90 Å². The molecule has 0 aromatic heterocycles. The molecule has 0 saturated carbocycles. The van der Waals surface area contributed by atoms with Crippen molar-refractivity contribution in [1.82, 2.24) is 4.90 Å². The number of carbonyl (C=O) groups excluding carboxylic acids is 1. The minimum atomic E-state index is -3.81. The van der Waals surface area contributed by atoms with E-state index >= 15 is 0 Å². The van der Waals surface area contributed by atoms with Gasteiger partial charge in [0, 0.05) is 17.6 Å². The van der Waals surface area contributed by atoms with Crippen molar-refractivity contribution in [2.24, 2.45) is 0 Å². The Kier molecular flexibility index (Phi) is 5.15. The number of anilines is 1. The fourth-order valence-corrected chi connectivity index (χ4v) is 5.08. The first kappa shape index (κ1) is 17.9. The second kappa shape index (κ2) is 7.17. The number of halogens is 1. The molecule has 1 saturated heterocycles. The quantitative estimate of drug-likeness (QED) is 0.814. The van der Waals surface area contributed by atoms with E-state index < -0.39 is 10.0 Å². The van der Waals surface area contributed by atoms with Crippen LogP contribution in [-0.2, 0) is 10.0 Å². The van der Waals surface area contributed by atoms with Crippen LogP contribution in [0.1, 0.15) is 28.8 Å². The molecule has 132 valence electrons. The molecule has 0 radical (unpaired) electrons. The SMILES string of the molecule is Cc1cccc(C(=O)N2CCCC2)c1NS(=O)(=O)c1ccccc1Br. The number of nitrogens with zero attached hydrogens (tertiary/aromatic N) is 1. The van der Waals surface area contributed by atoms with Crippen molar-refractivity contribution in [3.05, 3.63) is 58.1 Å². The normalized spacial score (nSPS) is 14.6. The van der Waals surface area contributed by atoms with Crippen LogP contribution in [0.2, 0.25) is 0 Å². The zero-order chi connectivity index (χ0) is 18.0. The predicted octanol–water partition coefficient (Wildman–Crippen LogP) is 3.79. The molecule has 1 aliphatic rings. The molecule has 1 N–H and O–H groups in total. The number of amides is 1. The van der Waals surface area contributed by atoms with Gasteiger partial charge in [0.25, 0.3) is 15.9 Å². The predicted molar refractivity (Wildman–Crippen MR) is 101 cm³/mol. The molecule has 7 heteroatoms. The van der Waals surface area contributed by atoms with E-state index in [9.17, 15) is 13.2 Å². The number of benzene rings is 2. The summed E-state index contributed by atoms with van der Waals surface area (Å²) in [5.41, 5.74) is 1.44. The molecule has 1 aliphatic heterocycles. The van der Waals surface area contributed by atoms with Gasteiger partial charge in [-0.05, 0) is 59.5 Å². The summed E-state index contributed by atoms with van der Waals surface area (Å²) in [7, 11) is -3.81. The highest BCUT2D eigenvalue weighted by Crippen LogP contribution is 2.29. The van der Waals surface area contributed by atoms with Crippen LogP contribution in [0.5, 0.6) is 0 Å². The molecule has 1 heterocycles. The third-order valence-electron chi connectivity index (χ3n) is 4.26. The summed E-state index contributed by atoms with van der Waals surface area (Å²) in [5, 5.41) is 0. The fourth-order valence-electron chi connectivity index (χ4n) is 2.92. The van der Waals surface area contributed by atoms with Gasteiger partial charge in [0.15, 0.2) is 0 Å². The Hall–Kier alpha value is -1.86. The number of nitrogens with one attached hydrogen (secondary N) is 1. The Bertz CT molecular complexity index is 906. The van der Waals surface area contributed by atoms with E-state index in [1.807, 2.05) is 0 Å². The van der Waals surface area contributed by atoms with Crippen molar-refractivity contribution in [2.45, 2.75) is 24.7 Å².